The maximum Gasteiger partial charge on any atom is 0.0703 e. The van der Waals surface area contributed by atoms with E-state index in [1.54, 1.807) is 12.4 Å². The largest absolute Gasteiger partial charge is 0.399 e. The lowest BCUT2D eigenvalue weighted by molar-refractivity contribution is 1.29. The van der Waals surface area contributed by atoms with Gasteiger partial charge in [-0.2, -0.15) is 0 Å². The van der Waals surface area contributed by atoms with E-state index < -0.39 is 0 Å². The third kappa shape index (κ3) is 2.45. The molecule has 19 heavy (non-hydrogen) atoms. The summed E-state index contributed by atoms with van der Waals surface area (Å²) >= 11 is 0. The molecule has 0 aliphatic heterocycles. The molecule has 0 aliphatic rings. The predicted molar refractivity (Wildman–Crippen MR) is 77.3 cm³/mol. The molecule has 3 nitrogen and oxygen atoms in total. The number of nitrogen functional groups attached to an aromatic ring is 1. The van der Waals surface area contributed by atoms with Crippen LogP contribution in [-0.2, 0) is 0 Å². The van der Waals surface area contributed by atoms with E-state index in [0.717, 1.165) is 28.1 Å². The molecule has 0 radical (unpaired) electrons. The molecule has 0 atom stereocenters. The van der Waals surface area contributed by atoms with Crippen LogP contribution in [0.5, 0.6) is 0 Å². The molecule has 92 valence electrons. The summed E-state index contributed by atoms with van der Waals surface area (Å²) in [5.41, 5.74) is 10.7. The number of hydrogen-bond acceptors (Lipinski definition) is 3. The van der Waals surface area contributed by atoms with Crippen molar-refractivity contribution in [3.8, 4) is 22.4 Å². The Labute approximate surface area is 111 Å². The Kier molecular flexibility index (Phi) is 2.94. The minimum Gasteiger partial charge on any atom is -0.399 e. The molecule has 3 aromatic rings. The number of pyridine rings is 2. The lowest BCUT2D eigenvalue weighted by Crippen LogP contribution is -1.87. The van der Waals surface area contributed by atoms with Gasteiger partial charge < -0.3 is 5.73 Å². The monoisotopic (exact) mass is 247 g/mol. The van der Waals surface area contributed by atoms with Gasteiger partial charge in [-0.1, -0.05) is 18.2 Å². The first kappa shape index (κ1) is 11.4. The summed E-state index contributed by atoms with van der Waals surface area (Å²) in [6, 6.07) is 15.8. The van der Waals surface area contributed by atoms with E-state index in [4.69, 9.17) is 5.73 Å². The molecular weight excluding hydrogens is 234 g/mol. The average Bonchev–Trinajstić information content (AvgIpc) is 2.49. The summed E-state index contributed by atoms with van der Waals surface area (Å²) in [6.45, 7) is 0. The number of aromatic nitrogens is 2. The normalized spacial score (nSPS) is 10.3. The number of nitrogens with two attached hydrogens (primary N) is 1. The van der Waals surface area contributed by atoms with Gasteiger partial charge in [0.25, 0.3) is 0 Å². The maximum absolute atomic E-state index is 5.68. The Morgan fingerprint density at radius 2 is 1.37 bits per heavy atom. The van der Waals surface area contributed by atoms with Gasteiger partial charge in [0.2, 0.25) is 0 Å². The minimum absolute atomic E-state index is 0.769. The molecule has 0 fully saturated rings. The molecule has 0 saturated heterocycles. The van der Waals surface area contributed by atoms with Crippen LogP contribution >= 0.6 is 0 Å². The van der Waals surface area contributed by atoms with Crippen LogP contribution in [0.25, 0.3) is 22.4 Å². The fourth-order valence-corrected chi connectivity index (χ4v) is 1.93. The van der Waals surface area contributed by atoms with Crippen molar-refractivity contribution in [2.24, 2.45) is 0 Å². The van der Waals surface area contributed by atoms with Crippen LogP contribution in [0, 0.1) is 0 Å². The second-order valence-corrected chi connectivity index (χ2v) is 4.29. The summed E-state index contributed by atoms with van der Waals surface area (Å²) < 4.78 is 0. The van der Waals surface area contributed by atoms with Crippen LogP contribution in [0.2, 0.25) is 0 Å². The van der Waals surface area contributed by atoms with E-state index in [2.05, 4.69) is 16.0 Å². The molecule has 0 saturated carbocycles. The van der Waals surface area contributed by atoms with Crippen molar-refractivity contribution in [1.29, 1.82) is 0 Å². The predicted octanol–water partition coefficient (Wildman–Crippen LogP) is 3.39. The zero-order valence-electron chi connectivity index (χ0n) is 10.3. The number of hydrogen-bond donors (Lipinski definition) is 1. The fraction of sp³-hybridized carbons (Fsp3) is 0. The average molecular weight is 247 g/mol. The van der Waals surface area contributed by atoms with Crippen molar-refractivity contribution in [3.63, 3.8) is 0 Å². The second kappa shape index (κ2) is 4.90. The van der Waals surface area contributed by atoms with E-state index in [9.17, 15) is 0 Å². The smallest absolute Gasteiger partial charge is 0.0703 e. The van der Waals surface area contributed by atoms with Gasteiger partial charge in [0, 0.05) is 35.4 Å². The summed E-state index contributed by atoms with van der Waals surface area (Å²) in [4.78, 5) is 8.49. The van der Waals surface area contributed by atoms with Crippen LogP contribution in [0.15, 0.2) is 67.1 Å². The van der Waals surface area contributed by atoms with Crippen molar-refractivity contribution in [3.05, 3.63) is 67.1 Å². The Bertz CT molecular complexity index is 659. The van der Waals surface area contributed by atoms with Crippen molar-refractivity contribution >= 4 is 5.69 Å². The van der Waals surface area contributed by atoms with Crippen molar-refractivity contribution in [2.45, 2.75) is 0 Å². The second-order valence-electron chi connectivity index (χ2n) is 4.29. The Morgan fingerprint density at radius 1 is 0.684 bits per heavy atom. The van der Waals surface area contributed by atoms with Gasteiger partial charge in [0.05, 0.1) is 5.69 Å². The van der Waals surface area contributed by atoms with Gasteiger partial charge in [0.15, 0.2) is 0 Å². The standard InChI is InChI=1S/C16H13N3/c17-15-4-1-12(2-5-15)14-3-6-16(19-11-14)13-7-9-18-10-8-13/h1-11H,17H2. The SMILES string of the molecule is Nc1ccc(-c2ccc(-c3ccncc3)nc2)cc1. The van der Waals surface area contributed by atoms with Crippen molar-refractivity contribution in [1.82, 2.24) is 9.97 Å². The zero-order valence-corrected chi connectivity index (χ0v) is 10.3. The molecule has 2 N–H and O–H groups in total. The van der Waals surface area contributed by atoms with Crippen LogP contribution < -0.4 is 5.73 Å². The topological polar surface area (TPSA) is 51.8 Å². The highest BCUT2D eigenvalue weighted by Gasteiger charge is 2.01. The minimum atomic E-state index is 0.769. The Balaban J connectivity index is 1.93. The van der Waals surface area contributed by atoms with Crippen LogP contribution in [-0.4, -0.2) is 9.97 Å². The molecule has 0 amide bonds. The lowest BCUT2D eigenvalue weighted by Gasteiger charge is -2.04. The summed E-state index contributed by atoms with van der Waals surface area (Å²) in [6.07, 6.45) is 5.41. The molecule has 2 aromatic heterocycles. The molecule has 0 bridgehead atoms. The van der Waals surface area contributed by atoms with Crippen molar-refractivity contribution in [2.75, 3.05) is 5.73 Å². The third-order valence-corrected chi connectivity index (χ3v) is 2.98. The summed E-state index contributed by atoms with van der Waals surface area (Å²) in [5.74, 6) is 0. The lowest BCUT2D eigenvalue weighted by atomic mass is 10.1. The highest BCUT2D eigenvalue weighted by molar-refractivity contribution is 5.67. The van der Waals surface area contributed by atoms with Gasteiger partial charge in [-0.25, -0.2) is 0 Å². The Hall–Kier alpha value is -2.68. The van der Waals surface area contributed by atoms with E-state index in [-0.39, 0.29) is 0 Å². The maximum atomic E-state index is 5.68. The molecule has 0 aliphatic carbocycles. The molecular formula is C16H13N3. The molecule has 3 heteroatoms. The van der Waals surface area contributed by atoms with Gasteiger partial charge in [-0.3, -0.25) is 9.97 Å². The van der Waals surface area contributed by atoms with E-state index in [1.165, 1.54) is 0 Å². The molecule has 3 rings (SSSR count). The molecule has 0 unspecified atom stereocenters. The number of anilines is 1. The first-order valence-electron chi connectivity index (χ1n) is 6.05. The van der Waals surface area contributed by atoms with E-state index >= 15 is 0 Å². The quantitative estimate of drug-likeness (QED) is 0.706. The summed E-state index contributed by atoms with van der Waals surface area (Å²) in [7, 11) is 0. The molecule has 1 aromatic carbocycles. The van der Waals surface area contributed by atoms with Crippen molar-refractivity contribution < 1.29 is 0 Å². The highest BCUT2D eigenvalue weighted by Crippen LogP contribution is 2.22. The van der Waals surface area contributed by atoms with Crippen LogP contribution in [0.4, 0.5) is 5.69 Å². The van der Waals surface area contributed by atoms with E-state index in [0.29, 0.717) is 0 Å². The first-order chi connectivity index (χ1) is 9.33. The van der Waals surface area contributed by atoms with Gasteiger partial charge in [-0.15, -0.1) is 0 Å². The highest BCUT2D eigenvalue weighted by atomic mass is 14.7. The first-order valence-corrected chi connectivity index (χ1v) is 6.05. The number of rotatable bonds is 2. The van der Waals surface area contributed by atoms with E-state index in [1.807, 2.05) is 48.7 Å². The van der Waals surface area contributed by atoms with Gasteiger partial charge in [0.1, 0.15) is 0 Å². The van der Waals surface area contributed by atoms with Crippen LogP contribution in [0.1, 0.15) is 0 Å². The fourth-order valence-electron chi connectivity index (χ4n) is 1.93. The summed E-state index contributed by atoms with van der Waals surface area (Å²) in [5, 5.41) is 0. The third-order valence-electron chi connectivity index (χ3n) is 2.98. The van der Waals surface area contributed by atoms with Gasteiger partial charge in [-0.05, 0) is 35.9 Å². The zero-order chi connectivity index (χ0) is 13.1. The van der Waals surface area contributed by atoms with Gasteiger partial charge >= 0.3 is 0 Å². The Morgan fingerprint density at radius 3 is 2.00 bits per heavy atom. The van der Waals surface area contributed by atoms with Crippen LogP contribution in [0.3, 0.4) is 0 Å². The molecule has 0 spiro atoms. The number of benzene rings is 1. The number of nitrogens with zero attached hydrogens (tertiary/aromatic N) is 2. The molecule has 2 heterocycles.